The van der Waals surface area contributed by atoms with Crippen LogP contribution < -0.4 is 5.32 Å². The third-order valence-corrected chi connectivity index (χ3v) is 2.00. The van der Waals surface area contributed by atoms with Gasteiger partial charge in [0.1, 0.15) is 6.29 Å². The summed E-state index contributed by atoms with van der Waals surface area (Å²) in [6, 6.07) is 0. The van der Waals surface area contributed by atoms with E-state index in [1.54, 1.807) is 7.05 Å². The zero-order chi connectivity index (χ0) is 7.98. The van der Waals surface area contributed by atoms with Crippen LogP contribution in [0.5, 0.6) is 0 Å². The van der Waals surface area contributed by atoms with E-state index in [1.807, 2.05) is 6.26 Å². The lowest BCUT2D eigenvalue weighted by molar-refractivity contribution is -0.121. The second-order valence-electron chi connectivity index (χ2n) is 1.79. The Labute approximate surface area is 64.6 Å². The first-order valence-electron chi connectivity index (χ1n) is 2.93. The topological polar surface area (TPSA) is 46.2 Å². The Hall–Kier alpha value is -0.510. The average Bonchev–Trinajstić information content (AvgIpc) is 1.99. The Morgan fingerprint density at radius 2 is 2.40 bits per heavy atom. The summed E-state index contributed by atoms with van der Waals surface area (Å²) in [5.41, 5.74) is 0. The fourth-order valence-corrected chi connectivity index (χ4v) is 0.901. The number of amides is 1. The summed E-state index contributed by atoms with van der Waals surface area (Å²) < 4.78 is 0. The second-order valence-corrected chi connectivity index (χ2v) is 2.86. The molecule has 0 aromatic heterocycles. The van der Waals surface area contributed by atoms with Crippen molar-refractivity contribution < 1.29 is 9.59 Å². The van der Waals surface area contributed by atoms with E-state index in [9.17, 15) is 9.59 Å². The minimum absolute atomic E-state index is 0.0913. The van der Waals surface area contributed by atoms with Gasteiger partial charge in [-0.25, -0.2) is 0 Å². The maximum absolute atomic E-state index is 10.7. The van der Waals surface area contributed by atoms with E-state index < -0.39 is 0 Å². The highest BCUT2D eigenvalue weighted by Crippen LogP contribution is 2.06. The smallest absolute Gasteiger partial charge is 0.221 e. The summed E-state index contributed by atoms with van der Waals surface area (Å²) in [4.78, 5) is 20.8. The summed E-state index contributed by atoms with van der Waals surface area (Å²) in [5.74, 6) is -0.0913. The number of aldehydes is 1. The first kappa shape index (κ1) is 9.49. The number of carbonyl (C=O) groups excluding carboxylic acids is 2. The van der Waals surface area contributed by atoms with Crippen LogP contribution in [-0.2, 0) is 9.59 Å². The van der Waals surface area contributed by atoms with Gasteiger partial charge in [0, 0.05) is 13.5 Å². The summed E-state index contributed by atoms with van der Waals surface area (Å²) in [5, 5.41) is 2.26. The van der Waals surface area contributed by atoms with Gasteiger partial charge in [0.2, 0.25) is 5.91 Å². The summed E-state index contributed by atoms with van der Waals surface area (Å²) >= 11 is 1.38. The molecule has 1 atom stereocenters. The first-order valence-corrected chi connectivity index (χ1v) is 4.22. The van der Waals surface area contributed by atoms with Crippen molar-refractivity contribution in [3.8, 4) is 0 Å². The molecule has 1 N–H and O–H groups in total. The predicted molar refractivity (Wildman–Crippen MR) is 42.1 cm³/mol. The molecule has 1 amide bonds. The molecular formula is C6H11NO2S. The van der Waals surface area contributed by atoms with Crippen LogP contribution in [0.1, 0.15) is 6.42 Å². The van der Waals surface area contributed by atoms with E-state index >= 15 is 0 Å². The lowest BCUT2D eigenvalue weighted by Gasteiger charge is -2.03. The molecule has 10 heavy (non-hydrogen) atoms. The van der Waals surface area contributed by atoms with Gasteiger partial charge in [-0.05, 0) is 6.26 Å². The predicted octanol–water partition coefficient (Wildman–Crippen LogP) is 0.0530. The molecule has 0 bridgehead atoms. The van der Waals surface area contributed by atoms with Crippen molar-refractivity contribution in [2.75, 3.05) is 13.3 Å². The van der Waals surface area contributed by atoms with Gasteiger partial charge in [-0.15, -0.1) is 0 Å². The highest BCUT2D eigenvalue weighted by molar-refractivity contribution is 7.99. The van der Waals surface area contributed by atoms with Crippen molar-refractivity contribution >= 4 is 24.0 Å². The molecule has 0 saturated carbocycles. The molecule has 0 saturated heterocycles. The summed E-state index contributed by atoms with van der Waals surface area (Å²) in [6.07, 6.45) is 2.88. The third-order valence-electron chi connectivity index (χ3n) is 1.12. The molecule has 0 radical (unpaired) electrons. The monoisotopic (exact) mass is 161 g/mol. The molecule has 1 unspecified atom stereocenters. The van der Waals surface area contributed by atoms with E-state index in [1.165, 1.54) is 11.8 Å². The van der Waals surface area contributed by atoms with Gasteiger partial charge in [0.15, 0.2) is 0 Å². The Bertz CT molecular complexity index is 127. The van der Waals surface area contributed by atoms with Gasteiger partial charge in [0.25, 0.3) is 0 Å². The van der Waals surface area contributed by atoms with Crippen molar-refractivity contribution in [1.82, 2.24) is 5.32 Å². The molecule has 0 aliphatic carbocycles. The summed E-state index contributed by atoms with van der Waals surface area (Å²) in [6.45, 7) is 0. The minimum Gasteiger partial charge on any atom is -0.359 e. The van der Waals surface area contributed by atoms with Crippen LogP contribution in [0.25, 0.3) is 0 Å². The fraction of sp³-hybridized carbons (Fsp3) is 0.667. The molecule has 0 spiro atoms. The van der Waals surface area contributed by atoms with Crippen molar-refractivity contribution in [3.05, 3.63) is 0 Å². The maximum atomic E-state index is 10.7. The Kier molecular flexibility index (Phi) is 5.02. The lowest BCUT2D eigenvalue weighted by Crippen LogP contribution is -2.22. The normalized spacial score (nSPS) is 12.2. The van der Waals surface area contributed by atoms with Gasteiger partial charge in [-0.2, -0.15) is 11.8 Å². The van der Waals surface area contributed by atoms with Gasteiger partial charge in [-0.1, -0.05) is 0 Å². The number of hydrogen-bond acceptors (Lipinski definition) is 3. The number of carbonyl (C=O) groups is 2. The van der Waals surface area contributed by atoms with E-state index in [0.29, 0.717) is 0 Å². The zero-order valence-corrected chi connectivity index (χ0v) is 6.90. The number of hydrogen-bond donors (Lipinski definition) is 1. The van der Waals surface area contributed by atoms with Crippen LogP contribution in [0, 0.1) is 0 Å². The molecule has 0 heterocycles. The molecule has 0 fully saturated rings. The number of nitrogens with one attached hydrogen (secondary N) is 1. The largest absolute Gasteiger partial charge is 0.359 e. The molecule has 0 aromatic carbocycles. The Morgan fingerprint density at radius 1 is 1.80 bits per heavy atom. The molecule has 0 aliphatic rings. The fourth-order valence-electron chi connectivity index (χ4n) is 0.472. The minimum atomic E-state index is -0.194. The van der Waals surface area contributed by atoms with Crippen LogP contribution in [0.4, 0.5) is 0 Å². The highest BCUT2D eigenvalue weighted by atomic mass is 32.2. The van der Waals surface area contributed by atoms with Crippen LogP contribution in [0.2, 0.25) is 0 Å². The van der Waals surface area contributed by atoms with Crippen molar-refractivity contribution in [2.45, 2.75) is 11.7 Å². The zero-order valence-electron chi connectivity index (χ0n) is 6.09. The standard InChI is InChI=1S/C6H11NO2S/c1-7-6(9)3-5(4-8)10-2/h4-5H,3H2,1-2H3,(H,7,9). The number of rotatable bonds is 4. The lowest BCUT2D eigenvalue weighted by atomic mass is 10.3. The maximum Gasteiger partial charge on any atom is 0.221 e. The van der Waals surface area contributed by atoms with E-state index in [0.717, 1.165) is 6.29 Å². The molecule has 0 aromatic rings. The SMILES string of the molecule is CNC(=O)CC(C=O)SC. The Balaban J connectivity index is 3.62. The molecular weight excluding hydrogens is 150 g/mol. The third kappa shape index (κ3) is 3.50. The second kappa shape index (κ2) is 5.29. The van der Waals surface area contributed by atoms with Gasteiger partial charge >= 0.3 is 0 Å². The van der Waals surface area contributed by atoms with Gasteiger partial charge < -0.3 is 10.1 Å². The van der Waals surface area contributed by atoms with Crippen molar-refractivity contribution in [2.24, 2.45) is 0 Å². The van der Waals surface area contributed by atoms with Crippen LogP contribution in [-0.4, -0.2) is 30.7 Å². The van der Waals surface area contributed by atoms with Crippen molar-refractivity contribution in [1.29, 1.82) is 0 Å². The quantitative estimate of drug-likeness (QED) is 0.593. The van der Waals surface area contributed by atoms with E-state index in [-0.39, 0.29) is 17.6 Å². The molecule has 0 rings (SSSR count). The molecule has 0 aliphatic heterocycles. The molecule has 3 nitrogen and oxygen atoms in total. The first-order chi connectivity index (χ1) is 4.74. The Morgan fingerprint density at radius 3 is 2.70 bits per heavy atom. The van der Waals surface area contributed by atoms with Gasteiger partial charge in [0.05, 0.1) is 5.25 Å². The average molecular weight is 161 g/mol. The van der Waals surface area contributed by atoms with E-state index in [2.05, 4.69) is 5.32 Å². The molecule has 58 valence electrons. The molecule has 4 heteroatoms. The van der Waals surface area contributed by atoms with E-state index in [4.69, 9.17) is 0 Å². The van der Waals surface area contributed by atoms with Crippen molar-refractivity contribution in [3.63, 3.8) is 0 Å². The van der Waals surface area contributed by atoms with Crippen LogP contribution >= 0.6 is 11.8 Å². The summed E-state index contributed by atoms with van der Waals surface area (Å²) in [7, 11) is 1.56. The van der Waals surface area contributed by atoms with Crippen LogP contribution in [0.15, 0.2) is 0 Å². The highest BCUT2D eigenvalue weighted by Gasteiger charge is 2.08. The van der Waals surface area contributed by atoms with Gasteiger partial charge in [-0.3, -0.25) is 4.79 Å². The van der Waals surface area contributed by atoms with Crippen LogP contribution in [0.3, 0.4) is 0 Å². The number of thioether (sulfide) groups is 1.